The third kappa shape index (κ3) is 2.46. The van der Waals surface area contributed by atoms with Crippen molar-refractivity contribution in [2.24, 2.45) is 0 Å². The second-order valence-electron chi connectivity index (χ2n) is 3.26. The normalized spacial score (nSPS) is 11.9. The zero-order chi connectivity index (χ0) is 10.6. The molecule has 2 nitrogen and oxygen atoms in total. The minimum atomic E-state index is -0.470. The molecule has 0 saturated carbocycles. The molecule has 0 amide bonds. The molecule has 0 aromatic heterocycles. The molecule has 0 aliphatic rings. The lowest BCUT2D eigenvalue weighted by Crippen LogP contribution is -2.13. The van der Waals surface area contributed by atoms with Gasteiger partial charge in [0.15, 0.2) is 0 Å². The highest BCUT2D eigenvalue weighted by Crippen LogP contribution is 2.15. The molecule has 1 N–H and O–H groups in total. The molecule has 1 aromatic rings. The van der Waals surface area contributed by atoms with E-state index in [2.05, 4.69) is 12.2 Å². The quantitative estimate of drug-likeness (QED) is 0.799. The first kappa shape index (κ1) is 10.5. The fraction of sp³-hybridized carbons (Fsp3) is 0.364. The van der Waals surface area contributed by atoms with Crippen molar-refractivity contribution in [2.45, 2.75) is 26.3 Å². The van der Waals surface area contributed by atoms with Crippen molar-refractivity contribution in [1.82, 2.24) is 0 Å². The molecular weight excluding hydrogens is 179 g/mol. The van der Waals surface area contributed by atoms with Crippen LogP contribution >= 0.6 is 0 Å². The van der Waals surface area contributed by atoms with E-state index in [0.29, 0.717) is 6.04 Å². The summed E-state index contributed by atoms with van der Waals surface area (Å²) in [4.78, 5) is 0. The lowest BCUT2D eigenvalue weighted by Gasteiger charge is -2.12. The Kier molecular flexibility index (Phi) is 3.47. The van der Waals surface area contributed by atoms with Crippen LogP contribution in [0.25, 0.3) is 0 Å². The molecule has 0 saturated heterocycles. The molecule has 3 heteroatoms. The molecule has 0 aliphatic carbocycles. The summed E-state index contributed by atoms with van der Waals surface area (Å²) in [5.74, 6) is -0.470. The summed E-state index contributed by atoms with van der Waals surface area (Å²) in [5, 5.41) is 11.8. The van der Waals surface area contributed by atoms with E-state index in [4.69, 9.17) is 5.26 Å². The van der Waals surface area contributed by atoms with Crippen LogP contribution in [0.3, 0.4) is 0 Å². The largest absolute Gasteiger partial charge is 0.383 e. The number of nitrogens with zero attached hydrogens (tertiary/aromatic N) is 1. The molecule has 0 heterocycles. The molecule has 0 fully saturated rings. The summed E-state index contributed by atoms with van der Waals surface area (Å²) in [6, 6.07) is 6.62. The monoisotopic (exact) mass is 192 g/mol. The van der Waals surface area contributed by atoms with Crippen molar-refractivity contribution in [3.63, 3.8) is 0 Å². The SMILES string of the molecule is CCC(C)Nc1ccc(F)c(C#N)c1. The van der Waals surface area contributed by atoms with Gasteiger partial charge in [0, 0.05) is 11.7 Å². The van der Waals surface area contributed by atoms with Gasteiger partial charge in [0.25, 0.3) is 0 Å². The standard InChI is InChI=1S/C11H13FN2/c1-3-8(2)14-10-4-5-11(12)9(6-10)7-13/h4-6,8,14H,3H2,1-2H3. The van der Waals surface area contributed by atoms with E-state index in [-0.39, 0.29) is 5.56 Å². The van der Waals surface area contributed by atoms with Gasteiger partial charge in [-0.25, -0.2) is 4.39 Å². The van der Waals surface area contributed by atoms with Crippen molar-refractivity contribution >= 4 is 5.69 Å². The zero-order valence-corrected chi connectivity index (χ0v) is 8.34. The molecule has 0 bridgehead atoms. The van der Waals surface area contributed by atoms with Crippen molar-refractivity contribution in [2.75, 3.05) is 5.32 Å². The summed E-state index contributed by atoms with van der Waals surface area (Å²) >= 11 is 0. The highest BCUT2D eigenvalue weighted by molar-refractivity contribution is 5.50. The predicted molar refractivity (Wildman–Crippen MR) is 54.5 cm³/mol. The topological polar surface area (TPSA) is 35.8 Å². The molecule has 1 atom stereocenters. The lowest BCUT2D eigenvalue weighted by atomic mass is 10.2. The number of nitriles is 1. The number of benzene rings is 1. The smallest absolute Gasteiger partial charge is 0.141 e. The van der Waals surface area contributed by atoms with Crippen LogP contribution in [0.1, 0.15) is 25.8 Å². The van der Waals surface area contributed by atoms with E-state index >= 15 is 0 Å². The van der Waals surface area contributed by atoms with Crippen LogP contribution in [0.4, 0.5) is 10.1 Å². The molecule has 1 rings (SSSR count). The molecule has 0 radical (unpaired) electrons. The Morgan fingerprint density at radius 1 is 1.57 bits per heavy atom. The van der Waals surface area contributed by atoms with Gasteiger partial charge in [-0.2, -0.15) is 5.26 Å². The first-order valence-electron chi connectivity index (χ1n) is 4.63. The molecular formula is C11H13FN2. The molecule has 0 aliphatic heterocycles. The third-order valence-electron chi connectivity index (χ3n) is 2.11. The van der Waals surface area contributed by atoms with E-state index in [1.165, 1.54) is 12.1 Å². The van der Waals surface area contributed by atoms with Crippen LogP contribution in [-0.2, 0) is 0 Å². The number of rotatable bonds is 3. The van der Waals surface area contributed by atoms with Crippen LogP contribution in [0.5, 0.6) is 0 Å². The number of halogens is 1. The maximum atomic E-state index is 12.9. The van der Waals surface area contributed by atoms with E-state index < -0.39 is 5.82 Å². The Bertz CT molecular complexity index is 355. The second-order valence-corrected chi connectivity index (χ2v) is 3.26. The molecule has 1 aromatic carbocycles. The lowest BCUT2D eigenvalue weighted by molar-refractivity contribution is 0.624. The van der Waals surface area contributed by atoms with Gasteiger partial charge < -0.3 is 5.32 Å². The van der Waals surface area contributed by atoms with E-state index in [9.17, 15) is 4.39 Å². The first-order valence-corrected chi connectivity index (χ1v) is 4.63. The Morgan fingerprint density at radius 2 is 2.29 bits per heavy atom. The average Bonchev–Trinajstić information content (AvgIpc) is 2.20. The minimum Gasteiger partial charge on any atom is -0.383 e. The number of nitrogens with one attached hydrogen (secondary N) is 1. The maximum Gasteiger partial charge on any atom is 0.141 e. The molecule has 14 heavy (non-hydrogen) atoms. The van der Waals surface area contributed by atoms with E-state index in [1.54, 1.807) is 6.07 Å². The zero-order valence-electron chi connectivity index (χ0n) is 8.34. The maximum absolute atomic E-state index is 12.9. The first-order chi connectivity index (χ1) is 6.67. The number of hydrogen-bond acceptors (Lipinski definition) is 2. The number of hydrogen-bond donors (Lipinski definition) is 1. The van der Waals surface area contributed by atoms with Gasteiger partial charge in [0.1, 0.15) is 11.9 Å². The fourth-order valence-electron chi connectivity index (χ4n) is 1.09. The van der Waals surface area contributed by atoms with Crippen LogP contribution in [-0.4, -0.2) is 6.04 Å². The van der Waals surface area contributed by atoms with Gasteiger partial charge in [-0.05, 0) is 31.5 Å². The summed E-state index contributed by atoms with van der Waals surface area (Å²) < 4.78 is 12.9. The van der Waals surface area contributed by atoms with Crippen LogP contribution in [0.2, 0.25) is 0 Å². The predicted octanol–water partition coefficient (Wildman–Crippen LogP) is 2.91. The highest BCUT2D eigenvalue weighted by Gasteiger charge is 2.04. The van der Waals surface area contributed by atoms with Crippen molar-refractivity contribution < 1.29 is 4.39 Å². The van der Waals surface area contributed by atoms with Gasteiger partial charge in [-0.1, -0.05) is 6.92 Å². The van der Waals surface area contributed by atoms with Crippen molar-refractivity contribution in [1.29, 1.82) is 5.26 Å². The summed E-state index contributed by atoms with van der Waals surface area (Å²) in [5.41, 5.74) is 0.871. The average molecular weight is 192 g/mol. The van der Waals surface area contributed by atoms with Crippen LogP contribution in [0, 0.1) is 17.1 Å². The number of anilines is 1. The Hall–Kier alpha value is -1.56. The van der Waals surface area contributed by atoms with Gasteiger partial charge >= 0.3 is 0 Å². The summed E-state index contributed by atoms with van der Waals surface area (Å²) in [7, 11) is 0. The fourth-order valence-corrected chi connectivity index (χ4v) is 1.09. The summed E-state index contributed by atoms with van der Waals surface area (Å²) in [6.45, 7) is 4.10. The molecule has 0 spiro atoms. The molecule has 74 valence electrons. The molecule has 1 unspecified atom stereocenters. The highest BCUT2D eigenvalue weighted by atomic mass is 19.1. The Labute approximate surface area is 83.4 Å². The minimum absolute atomic E-state index is 0.0818. The van der Waals surface area contributed by atoms with E-state index in [1.807, 2.05) is 13.0 Å². The Morgan fingerprint density at radius 3 is 2.86 bits per heavy atom. The summed E-state index contributed by atoms with van der Waals surface area (Å²) in [6.07, 6.45) is 0.985. The van der Waals surface area contributed by atoms with Gasteiger partial charge in [0.05, 0.1) is 5.56 Å². The van der Waals surface area contributed by atoms with E-state index in [0.717, 1.165) is 12.1 Å². The van der Waals surface area contributed by atoms with Crippen LogP contribution in [0.15, 0.2) is 18.2 Å². The van der Waals surface area contributed by atoms with Gasteiger partial charge in [-0.3, -0.25) is 0 Å². The van der Waals surface area contributed by atoms with Crippen molar-refractivity contribution in [3.8, 4) is 6.07 Å². The van der Waals surface area contributed by atoms with Gasteiger partial charge in [-0.15, -0.1) is 0 Å². The van der Waals surface area contributed by atoms with Crippen molar-refractivity contribution in [3.05, 3.63) is 29.6 Å². The second kappa shape index (κ2) is 4.61. The van der Waals surface area contributed by atoms with Gasteiger partial charge in [0.2, 0.25) is 0 Å². The third-order valence-corrected chi connectivity index (χ3v) is 2.11. The Balaban J connectivity index is 2.86. The van der Waals surface area contributed by atoms with Crippen LogP contribution < -0.4 is 5.32 Å².